The van der Waals surface area contributed by atoms with Gasteiger partial charge in [0.1, 0.15) is 5.75 Å². The van der Waals surface area contributed by atoms with Crippen LogP contribution in [0.2, 0.25) is 0 Å². The molecule has 2 heterocycles. The predicted octanol–water partition coefficient (Wildman–Crippen LogP) is 2.08. The molecule has 106 valence electrons. The van der Waals surface area contributed by atoms with Crippen molar-refractivity contribution in [3.63, 3.8) is 0 Å². The van der Waals surface area contributed by atoms with Crippen LogP contribution in [-0.2, 0) is 6.42 Å². The Morgan fingerprint density at radius 2 is 2.25 bits per heavy atom. The molecule has 0 amide bonds. The lowest BCUT2D eigenvalue weighted by Crippen LogP contribution is -2.27. The van der Waals surface area contributed by atoms with E-state index in [1.54, 1.807) is 0 Å². The van der Waals surface area contributed by atoms with Gasteiger partial charge in [-0.25, -0.2) is 0 Å². The van der Waals surface area contributed by atoms with Crippen molar-refractivity contribution in [2.45, 2.75) is 25.7 Å². The summed E-state index contributed by atoms with van der Waals surface area (Å²) in [7, 11) is 0. The number of aromatic nitrogens is 2. The zero-order valence-electron chi connectivity index (χ0n) is 11.6. The molecule has 0 bridgehead atoms. The fourth-order valence-corrected chi connectivity index (χ4v) is 2.55. The molecule has 2 aromatic rings. The minimum Gasteiger partial charge on any atom is -0.493 e. The fraction of sp³-hybridized carbons (Fsp3) is 0.467. The van der Waals surface area contributed by atoms with Crippen molar-refractivity contribution in [1.29, 1.82) is 0 Å². The second-order valence-corrected chi connectivity index (χ2v) is 5.06. The maximum absolute atomic E-state index is 5.67. The van der Waals surface area contributed by atoms with Crippen LogP contribution in [0.1, 0.15) is 29.6 Å². The van der Waals surface area contributed by atoms with Gasteiger partial charge in [-0.2, -0.15) is 4.98 Å². The van der Waals surface area contributed by atoms with E-state index in [0.29, 0.717) is 11.8 Å². The average molecular weight is 273 g/mol. The number of nitrogens with one attached hydrogen (secondary N) is 1. The molecule has 0 radical (unpaired) electrons. The lowest BCUT2D eigenvalue weighted by Gasteiger charge is -2.26. The third-order valence-electron chi connectivity index (χ3n) is 3.57. The summed E-state index contributed by atoms with van der Waals surface area (Å²) in [6, 6.07) is 8.29. The van der Waals surface area contributed by atoms with Gasteiger partial charge in [0.25, 0.3) is 0 Å². The van der Waals surface area contributed by atoms with E-state index in [-0.39, 0.29) is 0 Å². The average Bonchev–Trinajstić information content (AvgIpc) is 2.89. The van der Waals surface area contributed by atoms with Crippen LogP contribution in [0.4, 0.5) is 0 Å². The van der Waals surface area contributed by atoms with Crippen LogP contribution in [0.15, 0.2) is 28.8 Å². The first kappa shape index (κ1) is 13.1. The molecule has 1 aromatic heterocycles. The van der Waals surface area contributed by atoms with Gasteiger partial charge < -0.3 is 14.6 Å². The van der Waals surface area contributed by atoms with E-state index in [9.17, 15) is 0 Å². The van der Waals surface area contributed by atoms with Gasteiger partial charge in [-0.3, -0.25) is 0 Å². The van der Waals surface area contributed by atoms with Crippen molar-refractivity contribution in [3.05, 3.63) is 41.5 Å². The van der Waals surface area contributed by atoms with E-state index in [1.807, 2.05) is 19.1 Å². The van der Waals surface area contributed by atoms with Gasteiger partial charge in [0.05, 0.1) is 6.61 Å². The SMILES string of the molecule is Cc1nc(CCNCC2CCOc3ccccc32)no1. The zero-order valence-corrected chi connectivity index (χ0v) is 11.6. The number of rotatable bonds is 5. The zero-order chi connectivity index (χ0) is 13.8. The summed E-state index contributed by atoms with van der Waals surface area (Å²) >= 11 is 0. The molecular formula is C15H19N3O2. The minimum absolute atomic E-state index is 0.520. The Morgan fingerprint density at radius 3 is 3.10 bits per heavy atom. The Labute approximate surface area is 118 Å². The van der Waals surface area contributed by atoms with Crippen molar-refractivity contribution in [2.24, 2.45) is 0 Å². The number of ether oxygens (including phenoxy) is 1. The van der Waals surface area contributed by atoms with Crippen LogP contribution in [0.5, 0.6) is 5.75 Å². The summed E-state index contributed by atoms with van der Waals surface area (Å²) in [5, 5.41) is 7.37. The van der Waals surface area contributed by atoms with E-state index < -0.39 is 0 Å². The Balaban J connectivity index is 1.50. The standard InChI is InChI=1S/C15H19N3O2/c1-11-17-15(18-20-11)6-8-16-10-12-7-9-19-14-5-3-2-4-13(12)14/h2-5,12,16H,6-10H2,1H3. The van der Waals surface area contributed by atoms with Crippen LogP contribution in [-0.4, -0.2) is 29.8 Å². The third-order valence-corrected chi connectivity index (χ3v) is 3.57. The molecule has 3 rings (SSSR count). The fourth-order valence-electron chi connectivity index (χ4n) is 2.55. The van der Waals surface area contributed by atoms with Gasteiger partial charge in [-0.05, 0) is 18.1 Å². The first-order chi connectivity index (χ1) is 9.83. The number of hydrogen-bond donors (Lipinski definition) is 1. The maximum atomic E-state index is 5.67. The number of aryl methyl sites for hydroxylation is 1. The Hall–Kier alpha value is -1.88. The van der Waals surface area contributed by atoms with Crippen LogP contribution in [0.25, 0.3) is 0 Å². The third kappa shape index (κ3) is 2.99. The summed E-state index contributed by atoms with van der Waals surface area (Å²) in [5.41, 5.74) is 1.31. The quantitative estimate of drug-likeness (QED) is 0.845. The summed E-state index contributed by atoms with van der Waals surface area (Å²) in [5.74, 6) is 2.94. The first-order valence-corrected chi connectivity index (χ1v) is 7.04. The molecule has 0 aliphatic carbocycles. The molecular weight excluding hydrogens is 254 g/mol. The molecule has 5 nitrogen and oxygen atoms in total. The first-order valence-electron chi connectivity index (χ1n) is 7.04. The lowest BCUT2D eigenvalue weighted by atomic mass is 9.93. The molecule has 0 saturated heterocycles. The maximum Gasteiger partial charge on any atom is 0.223 e. The molecule has 1 atom stereocenters. The van der Waals surface area contributed by atoms with Crippen molar-refractivity contribution < 1.29 is 9.26 Å². The molecule has 0 spiro atoms. The number of benzene rings is 1. The Morgan fingerprint density at radius 1 is 1.35 bits per heavy atom. The second kappa shape index (κ2) is 6.05. The number of fused-ring (bicyclic) bond motifs is 1. The summed E-state index contributed by atoms with van der Waals surface area (Å²) in [6.45, 7) is 4.42. The number of para-hydroxylation sites is 1. The van der Waals surface area contributed by atoms with Crippen molar-refractivity contribution in [1.82, 2.24) is 15.5 Å². The largest absolute Gasteiger partial charge is 0.493 e. The van der Waals surface area contributed by atoms with Gasteiger partial charge >= 0.3 is 0 Å². The highest BCUT2D eigenvalue weighted by molar-refractivity contribution is 5.37. The summed E-state index contributed by atoms with van der Waals surface area (Å²) in [6.07, 6.45) is 1.85. The van der Waals surface area contributed by atoms with Crippen LogP contribution >= 0.6 is 0 Å². The van der Waals surface area contributed by atoms with Crippen molar-refractivity contribution in [3.8, 4) is 5.75 Å². The van der Waals surface area contributed by atoms with Gasteiger partial charge in [-0.15, -0.1) is 0 Å². The van der Waals surface area contributed by atoms with E-state index >= 15 is 0 Å². The molecule has 1 aliphatic heterocycles. The highest BCUT2D eigenvalue weighted by Gasteiger charge is 2.20. The van der Waals surface area contributed by atoms with Gasteiger partial charge in [-0.1, -0.05) is 23.4 Å². The van der Waals surface area contributed by atoms with E-state index in [1.165, 1.54) is 5.56 Å². The molecule has 1 N–H and O–H groups in total. The molecule has 0 fully saturated rings. The predicted molar refractivity (Wildman–Crippen MR) is 74.9 cm³/mol. The topological polar surface area (TPSA) is 60.2 Å². The van der Waals surface area contributed by atoms with Gasteiger partial charge in [0.15, 0.2) is 5.82 Å². The monoisotopic (exact) mass is 273 g/mol. The molecule has 20 heavy (non-hydrogen) atoms. The Bertz CT molecular complexity index is 568. The molecule has 1 unspecified atom stereocenters. The van der Waals surface area contributed by atoms with Crippen LogP contribution in [0.3, 0.4) is 0 Å². The van der Waals surface area contributed by atoms with Crippen LogP contribution in [0, 0.1) is 6.92 Å². The number of hydrogen-bond acceptors (Lipinski definition) is 5. The molecule has 1 aliphatic rings. The lowest BCUT2D eigenvalue weighted by molar-refractivity contribution is 0.265. The van der Waals surface area contributed by atoms with Gasteiger partial charge in [0, 0.05) is 32.4 Å². The molecule has 0 saturated carbocycles. The normalized spacial score (nSPS) is 17.6. The minimum atomic E-state index is 0.520. The van der Waals surface area contributed by atoms with E-state index in [2.05, 4.69) is 27.6 Å². The molecule has 1 aromatic carbocycles. The smallest absolute Gasteiger partial charge is 0.223 e. The highest BCUT2D eigenvalue weighted by Crippen LogP contribution is 2.32. The highest BCUT2D eigenvalue weighted by atomic mass is 16.5. The van der Waals surface area contributed by atoms with Crippen molar-refractivity contribution in [2.75, 3.05) is 19.7 Å². The van der Waals surface area contributed by atoms with Gasteiger partial charge in [0.2, 0.25) is 5.89 Å². The Kier molecular flexibility index (Phi) is 3.97. The summed E-state index contributed by atoms with van der Waals surface area (Å²) < 4.78 is 10.6. The van der Waals surface area contributed by atoms with E-state index in [4.69, 9.17) is 9.26 Å². The summed E-state index contributed by atoms with van der Waals surface area (Å²) in [4.78, 5) is 4.19. The van der Waals surface area contributed by atoms with Crippen LogP contribution < -0.4 is 10.1 Å². The second-order valence-electron chi connectivity index (χ2n) is 5.06. The number of nitrogens with zero attached hydrogens (tertiary/aromatic N) is 2. The van der Waals surface area contributed by atoms with Crippen molar-refractivity contribution >= 4 is 0 Å². The van der Waals surface area contributed by atoms with E-state index in [0.717, 1.165) is 44.1 Å². The molecule has 5 heteroatoms.